The molecule has 3 atom stereocenters. The lowest BCUT2D eigenvalue weighted by molar-refractivity contribution is -0.126. The van der Waals surface area contributed by atoms with Crippen LogP contribution in [0.5, 0.6) is 5.75 Å². The van der Waals surface area contributed by atoms with Gasteiger partial charge in [0, 0.05) is 5.02 Å². The Labute approximate surface area is 219 Å². The number of carbonyl (C=O) groups excluding carboxylic acids is 2. The summed E-state index contributed by atoms with van der Waals surface area (Å²) in [6.07, 6.45) is -0.928. The molecule has 4 aromatic carbocycles. The lowest BCUT2D eigenvalue weighted by Crippen LogP contribution is -2.37. The molecule has 0 aliphatic carbocycles. The number of fused-ring (bicyclic) bond motifs is 1. The van der Waals surface area contributed by atoms with E-state index in [2.05, 4.69) is 0 Å². The first-order valence-corrected chi connectivity index (χ1v) is 12.4. The Morgan fingerprint density at radius 1 is 0.730 bits per heavy atom. The number of rotatable bonds is 6. The SMILES string of the molecule is O=C1C2ON(c3ccccc3)C(c3ccc(OCc4ccccc4)cc3)C2C(=O)N1c1ccc(Cl)cc1. The molecule has 0 aromatic heterocycles. The first kappa shape index (κ1) is 23.3. The van der Waals surface area contributed by atoms with Gasteiger partial charge in [0.2, 0.25) is 5.91 Å². The van der Waals surface area contributed by atoms with Gasteiger partial charge >= 0.3 is 0 Å². The van der Waals surface area contributed by atoms with Gasteiger partial charge in [-0.2, -0.15) is 0 Å². The van der Waals surface area contributed by atoms with Gasteiger partial charge in [-0.05, 0) is 59.7 Å². The number of hydroxylamine groups is 1. The van der Waals surface area contributed by atoms with E-state index in [0.29, 0.717) is 23.1 Å². The van der Waals surface area contributed by atoms with Crippen molar-refractivity contribution in [2.75, 3.05) is 9.96 Å². The molecular formula is C30H23ClN2O4. The largest absolute Gasteiger partial charge is 0.489 e. The van der Waals surface area contributed by atoms with Gasteiger partial charge in [-0.15, -0.1) is 0 Å². The molecule has 0 radical (unpaired) electrons. The maximum atomic E-state index is 13.7. The molecule has 3 unspecified atom stereocenters. The number of benzene rings is 4. The monoisotopic (exact) mass is 510 g/mol. The van der Waals surface area contributed by atoms with Gasteiger partial charge in [0.1, 0.15) is 18.3 Å². The predicted molar refractivity (Wildman–Crippen MR) is 141 cm³/mol. The fraction of sp³-hybridized carbons (Fsp3) is 0.133. The average molecular weight is 511 g/mol. The first-order valence-electron chi connectivity index (χ1n) is 12.0. The van der Waals surface area contributed by atoms with E-state index in [1.165, 1.54) is 4.90 Å². The summed E-state index contributed by atoms with van der Waals surface area (Å²) >= 11 is 6.02. The van der Waals surface area contributed by atoms with Gasteiger partial charge in [-0.3, -0.25) is 14.4 Å². The second kappa shape index (κ2) is 9.73. The van der Waals surface area contributed by atoms with Crippen molar-refractivity contribution in [2.45, 2.75) is 18.8 Å². The number of ether oxygens (including phenoxy) is 1. The minimum atomic E-state index is -0.928. The number of nitrogens with zero attached hydrogens (tertiary/aromatic N) is 2. The Morgan fingerprint density at radius 3 is 2.05 bits per heavy atom. The number of hydrogen-bond donors (Lipinski definition) is 0. The highest BCUT2D eigenvalue weighted by Crippen LogP contribution is 2.47. The molecule has 37 heavy (non-hydrogen) atoms. The summed E-state index contributed by atoms with van der Waals surface area (Å²) in [5.74, 6) is -0.681. The van der Waals surface area contributed by atoms with Crippen molar-refractivity contribution >= 4 is 34.8 Å². The molecule has 0 N–H and O–H groups in total. The summed E-state index contributed by atoms with van der Waals surface area (Å²) in [6, 6.07) is 33.2. The third kappa shape index (κ3) is 4.35. The highest BCUT2D eigenvalue weighted by atomic mass is 35.5. The summed E-state index contributed by atoms with van der Waals surface area (Å²) in [5, 5.41) is 2.21. The molecule has 2 amide bonds. The van der Waals surface area contributed by atoms with Crippen LogP contribution in [0.25, 0.3) is 0 Å². The van der Waals surface area contributed by atoms with Crippen LogP contribution in [0.15, 0.2) is 109 Å². The van der Waals surface area contributed by atoms with E-state index in [1.807, 2.05) is 84.9 Å². The third-order valence-electron chi connectivity index (χ3n) is 6.68. The zero-order valence-corrected chi connectivity index (χ0v) is 20.5. The summed E-state index contributed by atoms with van der Waals surface area (Å²) in [7, 11) is 0. The summed E-state index contributed by atoms with van der Waals surface area (Å²) in [5.41, 5.74) is 3.17. The van der Waals surface area contributed by atoms with Crippen LogP contribution in [0.3, 0.4) is 0 Å². The summed E-state index contributed by atoms with van der Waals surface area (Å²) in [4.78, 5) is 34.5. The van der Waals surface area contributed by atoms with E-state index in [1.54, 1.807) is 29.3 Å². The Kier molecular flexibility index (Phi) is 6.12. The second-order valence-electron chi connectivity index (χ2n) is 8.99. The fourth-order valence-electron chi connectivity index (χ4n) is 4.90. The van der Waals surface area contributed by atoms with Gasteiger partial charge in [0.15, 0.2) is 6.10 Å². The molecule has 0 spiro atoms. The molecule has 184 valence electrons. The van der Waals surface area contributed by atoms with E-state index in [0.717, 1.165) is 16.8 Å². The zero-order chi connectivity index (χ0) is 25.4. The van der Waals surface area contributed by atoms with Crippen molar-refractivity contribution in [1.82, 2.24) is 0 Å². The number of amides is 2. The molecule has 4 aromatic rings. The zero-order valence-electron chi connectivity index (χ0n) is 19.7. The van der Waals surface area contributed by atoms with Gasteiger partial charge in [0.25, 0.3) is 5.91 Å². The molecule has 6 nitrogen and oxygen atoms in total. The van der Waals surface area contributed by atoms with E-state index in [9.17, 15) is 9.59 Å². The Bertz CT molecular complexity index is 1410. The van der Waals surface area contributed by atoms with Gasteiger partial charge in [-0.25, -0.2) is 9.96 Å². The summed E-state index contributed by atoms with van der Waals surface area (Å²) < 4.78 is 5.95. The lowest BCUT2D eigenvalue weighted by Gasteiger charge is -2.28. The molecule has 6 rings (SSSR count). The summed E-state index contributed by atoms with van der Waals surface area (Å²) in [6.45, 7) is 0.455. The number of para-hydroxylation sites is 1. The normalized spacial score (nSPS) is 20.8. The average Bonchev–Trinajstić information content (AvgIpc) is 3.45. The van der Waals surface area contributed by atoms with E-state index >= 15 is 0 Å². The molecule has 0 bridgehead atoms. The molecule has 2 aliphatic heterocycles. The van der Waals surface area contributed by atoms with Crippen molar-refractivity contribution in [3.63, 3.8) is 0 Å². The van der Waals surface area contributed by atoms with E-state index in [-0.39, 0.29) is 11.8 Å². The van der Waals surface area contributed by atoms with Crippen LogP contribution in [0.2, 0.25) is 5.02 Å². The predicted octanol–water partition coefficient (Wildman–Crippen LogP) is 5.97. The van der Waals surface area contributed by atoms with Crippen LogP contribution in [0.4, 0.5) is 11.4 Å². The first-order chi connectivity index (χ1) is 18.1. The Balaban J connectivity index is 1.31. The number of imide groups is 1. The van der Waals surface area contributed by atoms with Crippen LogP contribution >= 0.6 is 11.6 Å². The van der Waals surface area contributed by atoms with Crippen LogP contribution in [0, 0.1) is 5.92 Å². The number of halogens is 1. The fourth-order valence-corrected chi connectivity index (χ4v) is 5.02. The number of anilines is 2. The molecule has 2 heterocycles. The van der Waals surface area contributed by atoms with Crippen LogP contribution in [-0.4, -0.2) is 17.9 Å². The molecule has 2 aliphatic rings. The highest BCUT2D eigenvalue weighted by molar-refractivity contribution is 6.31. The minimum Gasteiger partial charge on any atom is -0.489 e. The van der Waals surface area contributed by atoms with Crippen LogP contribution in [-0.2, 0) is 21.0 Å². The second-order valence-corrected chi connectivity index (χ2v) is 9.43. The maximum Gasteiger partial charge on any atom is 0.266 e. The van der Waals surface area contributed by atoms with Crippen molar-refractivity contribution < 1.29 is 19.2 Å². The number of hydrogen-bond acceptors (Lipinski definition) is 5. The van der Waals surface area contributed by atoms with Crippen molar-refractivity contribution in [1.29, 1.82) is 0 Å². The van der Waals surface area contributed by atoms with Gasteiger partial charge in [-0.1, -0.05) is 72.3 Å². The molecular weight excluding hydrogens is 488 g/mol. The Morgan fingerprint density at radius 2 is 1.38 bits per heavy atom. The van der Waals surface area contributed by atoms with Crippen LogP contribution in [0.1, 0.15) is 17.2 Å². The molecule has 0 saturated carbocycles. The van der Waals surface area contributed by atoms with Gasteiger partial charge in [0.05, 0.1) is 17.4 Å². The smallest absolute Gasteiger partial charge is 0.266 e. The topological polar surface area (TPSA) is 59.1 Å². The molecule has 7 heteroatoms. The third-order valence-corrected chi connectivity index (χ3v) is 6.93. The highest BCUT2D eigenvalue weighted by Gasteiger charge is 2.60. The van der Waals surface area contributed by atoms with Crippen LogP contribution < -0.4 is 14.7 Å². The maximum absolute atomic E-state index is 13.7. The quantitative estimate of drug-likeness (QED) is 0.299. The Hall–Kier alpha value is -4.13. The lowest BCUT2D eigenvalue weighted by atomic mass is 9.90. The van der Waals surface area contributed by atoms with Crippen molar-refractivity contribution in [2.24, 2.45) is 5.92 Å². The standard InChI is InChI=1S/C30H23ClN2O4/c31-22-13-15-23(16-14-22)32-29(34)26-27(33(37-28(26)30(32)35)24-9-5-2-6-10-24)21-11-17-25(18-12-21)36-19-20-7-3-1-4-8-20/h1-18,26-28H,19H2. The van der Waals surface area contributed by atoms with Crippen molar-refractivity contribution in [3.8, 4) is 5.75 Å². The minimum absolute atomic E-state index is 0.301. The van der Waals surface area contributed by atoms with E-state index in [4.69, 9.17) is 21.2 Å². The number of carbonyl (C=O) groups is 2. The molecule has 2 saturated heterocycles. The van der Waals surface area contributed by atoms with Gasteiger partial charge < -0.3 is 4.74 Å². The van der Waals surface area contributed by atoms with Crippen molar-refractivity contribution in [3.05, 3.63) is 125 Å². The van der Waals surface area contributed by atoms with E-state index < -0.39 is 18.1 Å². The molecule has 2 fully saturated rings.